The van der Waals surface area contributed by atoms with Crippen LogP contribution in [0.25, 0.3) is 0 Å². The molecule has 2 atom stereocenters. The quantitative estimate of drug-likeness (QED) is 0.794. The molecule has 2 rings (SSSR count). The topological polar surface area (TPSA) is 75.4 Å². The molecule has 5 nitrogen and oxygen atoms in total. The van der Waals surface area contributed by atoms with E-state index in [-0.39, 0.29) is 11.8 Å². The molecule has 1 heterocycles. The van der Waals surface area contributed by atoms with Crippen LogP contribution >= 0.6 is 0 Å². The van der Waals surface area contributed by atoms with E-state index in [1.165, 1.54) is 5.56 Å². The number of hydrogen-bond acceptors (Lipinski definition) is 4. The molecule has 0 radical (unpaired) electrons. The van der Waals surface area contributed by atoms with Crippen molar-refractivity contribution in [3.05, 3.63) is 35.9 Å². The fourth-order valence-electron chi connectivity index (χ4n) is 2.61. The average Bonchev–Trinajstić information content (AvgIpc) is 2.81. The van der Waals surface area contributed by atoms with Crippen molar-refractivity contribution in [2.45, 2.75) is 18.9 Å². The molecule has 1 aromatic carbocycles. The van der Waals surface area contributed by atoms with Gasteiger partial charge in [0.1, 0.15) is 0 Å². The molecule has 20 heavy (non-hydrogen) atoms. The molecule has 1 aliphatic rings. The Labute approximate surface area is 121 Å². The van der Waals surface area contributed by atoms with Crippen molar-refractivity contribution >= 4 is 10.0 Å². The van der Waals surface area contributed by atoms with Gasteiger partial charge in [-0.3, -0.25) is 4.90 Å². The minimum Gasteiger partial charge on any atom is -0.326 e. The second kappa shape index (κ2) is 6.67. The number of nitrogens with one attached hydrogen (secondary N) is 1. The van der Waals surface area contributed by atoms with Gasteiger partial charge in [0, 0.05) is 38.1 Å². The van der Waals surface area contributed by atoms with Crippen LogP contribution in [0.15, 0.2) is 30.3 Å². The number of likely N-dealkylation sites (tertiary alicyclic amines) is 1. The van der Waals surface area contributed by atoms with Crippen molar-refractivity contribution in [1.29, 1.82) is 0 Å². The average molecular weight is 297 g/mol. The molecule has 3 N–H and O–H groups in total. The van der Waals surface area contributed by atoms with Gasteiger partial charge in [0.2, 0.25) is 10.0 Å². The molecule has 0 bridgehead atoms. The van der Waals surface area contributed by atoms with Crippen LogP contribution in [-0.2, 0) is 10.0 Å². The summed E-state index contributed by atoms with van der Waals surface area (Å²) in [5, 5.41) is 0. The third kappa shape index (κ3) is 4.02. The van der Waals surface area contributed by atoms with Crippen molar-refractivity contribution in [1.82, 2.24) is 9.62 Å². The van der Waals surface area contributed by atoms with Crippen molar-refractivity contribution in [3.63, 3.8) is 0 Å². The summed E-state index contributed by atoms with van der Waals surface area (Å²) in [6.07, 6.45) is 0. The number of hydrogen-bond donors (Lipinski definition) is 2. The maximum absolute atomic E-state index is 11.4. The highest BCUT2D eigenvalue weighted by molar-refractivity contribution is 7.89. The predicted molar refractivity (Wildman–Crippen MR) is 81.1 cm³/mol. The van der Waals surface area contributed by atoms with Gasteiger partial charge in [-0.1, -0.05) is 30.3 Å². The van der Waals surface area contributed by atoms with E-state index in [0.29, 0.717) is 19.0 Å². The summed E-state index contributed by atoms with van der Waals surface area (Å²) in [5.41, 5.74) is 7.47. The van der Waals surface area contributed by atoms with Crippen LogP contribution in [0.3, 0.4) is 0 Å². The lowest BCUT2D eigenvalue weighted by Crippen LogP contribution is -2.35. The van der Waals surface area contributed by atoms with Crippen LogP contribution in [0.2, 0.25) is 0 Å². The standard InChI is InChI=1S/C14H23N3O2S/c1-2-20(18,19)16-8-9-17-10-13(14(15)11-17)12-6-4-3-5-7-12/h3-7,13-14,16H,2,8-11,15H2,1H3/t13-,14+/m0/s1. The number of nitrogens with two attached hydrogens (primary N) is 1. The van der Waals surface area contributed by atoms with E-state index in [4.69, 9.17) is 5.73 Å². The lowest BCUT2D eigenvalue weighted by Gasteiger charge is -2.16. The third-order valence-electron chi connectivity index (χ3n) is 3.80. The molecule has 1 saturated heterocycles. The Morgan fingerprint density at radius 3 is 2.65 bits per heavy atom. The van der Waals surface area contributed by atoms with Crippen molar-refractivity contribution < 1.29 is 8.42 Å². The number of benzene rings is 1. The van der Waals surface area contributed by atoms with Crippen LogP contribution in [0.5, 0.6) is 0 Å². The van der Waals surface area contributed by atoms with Crippen LogP contribution in [-0.4, -0.2) is 51.3 Å². The van der Waals surface area contributed by atoms with Crippen molar-refractivity contribution in [2.75, 3.05) is 31.9 Å². The van der Waals surface area contributed by atoms with Gasteiger partial charge < -0.3 is 5.73 Å². The minimum atomic E-state index is -3.10. The van der Waals surface area contributed by atoms with E-state index < -0.39 is 10.0 Å². The summed E-state index contributed by atoms with van der Waals surface area (Å²) >= 11 is 0. The van der Waals surface area contributed by atoms with E-state index in [9.17, 15) is 8.42 Å². The summed E-state index contributed by atoms with van der Waals surface area (Å²) in [6, 6.07) is 10.4. The first-order valence-corrected chi connectivity index (χ1v) is 8.67. The molecule has 0 saturated carbocycles. The molecule has 0 amide bonds. The highest BCUT2D eigenvalue weighted by Crippen LogP contribution is 2.25. The lowest BCUT2D eigenvalue weighted by atomic mass is 9.95. The Kier molecular flexibility index (Phi) is 5.15. The first kappa shape index (κ1) is 15.4. The number of rotatable bonds is 6. The molecule has 6 heteroatoms. The van der Waals surface area contributed by atoms with Crippen LogP contribution in [0.1, 0.15) is 18.4 Å². The largest absolute Gasteiger partial charge is 0.326 e. The Morgan fingerprint density at radius 2 is 2.00 bits per heavy atom. The van der Waals surface area contributed by atoms with E-state index in [2.05, 4.69) is 21.8 Å². The van der Waals surface area contributed by atoms with Crippen molar-refractivity contribution in [2.24, 2.45) is 5.73 Å². The Morgan fingerprint density at radius 1 is 1.30 bits per heavy atom. The first-order valence-electron chi connectivity index (χ1n) is 7.02. The Bertz CT molecular complexity index is 518. The normalized spacial score (nSPS) is 24.1. The molecule has 1 fully saturated rings. The van der Waals surface area contributed by atoms with Crippen LogP contribution in [0.4, 0.5) is 0 Å². The lowest BCUT2D eigenvalue weighted by molar-refractivity contribution is 0.336. The second-order valence-corrected chi connectivity index (χ2v) is 7.33. The van der Waals surface area contributed by atoms with Gasteiger partial charge in [-0.25, -0.2) is 13.1 Å². The molecule has 0 unspecified atom stereocenters. The summed E-state index contributed by atoms with van der Waals surface area (Å²) < 4.78 is 25.3. The van der Waals surface area contributed by atoms with Crippen LogP contribution in [0, 0.1) is 0 Å². The van der Waals surface area contributed by atoms with E-state index >= 15 is 0 Å². The van der Waals surface area contributed by atoms with Gasteiger partial charge in [-0.2, -0.15) is 0 Å². The zero-order valence-corrected chi connectivity index (χ0v) is 12.6. The van der Waals surface area contributed by atoms with Gasteiger partial charge >= 0.3 is 0 Å². The van der Waals surface area contributed by atoms with Crippen molar-refractivity contribution in [3.8, 4) is 0 Å². The minimum absolute atomic E-state index is 0.111. The molecule has 0 aromatic heterocycles. The fraction of sp³-hybridized carbons (Fsp3) is 0.571. The highest BCUT2D eigenvalue weighted by atomic mass is 32.2. The zero-order chi connectivity index (χ0) is 14.6. The van der Waals surface area contributed by atoms with E-state index in [0.717, 1.165) is 13.1 Å². The fourth-order valence-corrected chi connectivity index (χ4v) is 3.22. The monoisotopic (exact) mass is 297 g/mol. The second-order valence-electron chi connectivity index (χ2n) is 5.24. The zero-order valence-electron chi connectivity index (χ0n) is 11.8. The third-order valence-corrected chi connectivity index (χ3v) is 5.20. The number of nitrogens with zero attached hydrogens (tertiary/aromatic N) is 1. The van der Waals surface area contributed by atoms with E-state index in [1.807, 2.05) is 18.2 Å². The first-order chi connectivity index (χ1) is 9.52. The van der Waals surface area contributed by atoms with E-state index in [1.54, 1.807) is 6.92 Å². The van der Waals surface area contributed by atoms with Gasteiger partial charge in [0.25, 0.3) is 0 Å². The van der Waals surface area contributed by atoms with Gasteiger partial charge in [-0.05, 0) is 12.5 Å². The Hall–Kier alpha value is -0.950. The summed E-state index contributed by atoms with van der Waals surface area (Å²) in [4.78, 5) is 2.22. The molecule has 0 spiro atoms. The maximum atomic E-state index is 11.4. The molecular weight excluding hydrogens is 274 g/mol. The maximum Gasteiger partial charge on any atom is 0.211 e. The molecule has 1 aromatic rings. The smallest absolute Gasteiger partial charge is 0.211 e. The summed E-state index contributed by atoms with van der Waals surface area (Å²) in [6.45, 7) is 4.49. The molecule has 0 aliphatic carbocycles. The predicted octanol–water partition coefficient (Wildman–Crippen LogP) is 0.352. The van der Waals surface area contributed by atoms with Gasteiger partial charge in [0.15, 0.2) is 0 Å². The van der Waals surface area contributed by atoms with Gasteiger partial charge in [-0.15, -0.1) is 0 Å². The van der Waals surface area contributed by atoms with Crippen LogP contribution < -0.4 is 10.5 Å². The number of sulfonamides is 1. The van der Waals surface area contributed by atoms with Gasteiger partial charge in [0.05, 0.1) is 5.75 Å². The Balaban J connectivity index is 1.85. The summed E-state index contributed by atoms with van der Waals surface area (Å²) in [5.74, 6) is 0.457. The molecular formula is C14H23N3O2S. The SMILES string of the molecule is CCS(=O)(=O)NCCN1C[C@@H](N)[C@H](c2ccccc2)C1. The molecule has 112 valence electrons. The molecule has 1 aliphatic heterocycles. The summed E-state index contributed by atoms with van der Waals surface area (Å²) in [7, 11) is -3.10. The highest BCUT2D eigenvalue weighted by Gasteiger charge is 2.30.